The summed E-state index contributed by atoms with van der Waals surface area (Å²) in [6.45, 7) is 3.04. The summed E-state index contributed by atoms with van der Waals surface area (Å²) in [6.07, 6.45) is -0.743. The maximum atomic E-state index is 11.2. The van der Waals surface area contributed by atoms with E-state index in [2.05, 4.69) is 4.74 Å². The number of esters is 1. The van der Waals surface area contributed by atoms with E-state index in [1.807, 2.05) is 0 Å². The van der Waals surface area contributed by atoms with Crippen LogP contribution < -0.4 is 9.47 Å². The number of carbonyl (C=O) groups excluding carboxylic acids is 2. The van der Waals surface area contributed by atoms with Crippen LogP contribution >= 0.6 is 0 Å². The highest BCUT2D eigenvalue weighted by Gasteiger charge is 2.17. The van der Waals surface area contributed by atoms with Gasteiger partial charge in [-0.1, -0.05) is 0 Å². The van der Waals surface area contributed by atoms with Crippen molar-refractivity contribution in [2.24, 2.45) is 0 Å². The number of carbonyl (C=O) groups is 2. The number of methoxy groups -OCH3 is 2. The maximum Gasteiger partial charge on any atom is 0.346 e. The highest BCUT2D eigenvalue weighted by Crippen LogP contribution is 2.29. The molecule has 0 unspecified atom stereocenters. The second kappa shape index (κ2) is 6.05. The van der Waals surface area contributed by atoms with E-state index in [0.29, 0.717) is 17.1 Å². The Bertz CT molecular complexity index is 453. The van der Waals surface area contributed by atoms with Crippen molar-refractivity contribution in [2.45, 2.75) is 20.0 Å². The number of ether oxygens (including phenoxy) is 3. The van der Waals surface area contributed by atoms with Crippen molar-refractivity contribution in [3.05, 3.63) is 23.8 Å². The zero-order valence-electron chi connectivity index (χ0n) is 10.9. The summed E-state index contributed by atoms with van der Waals surface area (Å²) in [5, 5.41) is 0. The molecule has 0 fully saturated rings. The van der Waals surface area contributed by atoms with Crippen LogP contribution in [0.5, 0.6) is 11.5 Å². The van der Waals surface area contributed by atoms with Gasteiger partial charge in [-0.15, -0.1) is 0 Å². The minimum Gasteiger partial charge on any atom is -0.493 e. The lowest BCUT2D eigenvalue weighted by Crippen LogP contribution is -2.25. The first-order valence-electron chi connectivity index (χ1n) is 5.43. The summed E-state index contributed by atoms with van der Waals surface area (Å²) in [5.41, 5.74) is 0.518. The van der Waals surface area contributed by atoms with Crippen molar-refractivity contribution in [3.63, 3.8) is 0 Å². The van der Waals surface area contributed by atoms with E-state index in [1.54, 1.807) is 25.1 Å². The monoisotopic (exact) mass is 252 g/mol. The Morgan fingerprint density at radius 1 is 1.17 bits per heavy atom. The average Bonchev–Trinajstić information content (AvgIpc) is 2.37. The molecule has 0 aromatic heterocycles. The molecule has 0 radical (unpaired) electrons. The van der Waals surface area contributed by atoms with Gasteiger partial charge in [-0.2, -0.15) is 0 Å². The second-order valence-electron chi connectivity index (χ2n) is 3.71. The molecule has 1 aromatic rings. The number of Topliss-reactive ketones (excluding diaryl/α,β-unsaturated/α-hetero) is 1. The Kier molecular flexibility index (Phi) is 4.71. The molecule has 0 spiro atoms. The van der Waals surface area contributed by atoms with Crippen molar-refractivity contribution in [1.29, 1.82) is 0 Å². The normalized spacial score (nSPS) is 11.6. The third-order valence-electron chi connectivity index (χ3n) is 2.41. The number of benzene rings is 1. The molecule has 0 bridgehead atoms. The Hall–Kier alpha value is -2.04. The first-order valence-corrected chi connectivity index (χ1v) is 5.43. The molecule has 1 aromatic carbocycles. The first kappa shape index (κ1) is 14.0. The Labute approximate surface area is 106 Å². The van der Waals surface area contributed by atoms with E-state index >= 15 is 0 Å². The van der Waals surface area contributed by atoms with Crippen molar-refractivity contribution in [1.82, 2.24) is 0 Å². The highest BCUT2D eigenvalue weighted by molar-refractivity contribution is 5.94. The Morgan fingerprint density at radius 2 is 1.83 bits per heavy atom. The summed E-state index contributed by atoms with van der Waals surface area (Å²) < 4.78 is 15.1. The van der Waals surface area contributed by atoms with Crippen LogP contribution in [0.15, 0.2) is 18.2 Å². The van der Waals surface area contributed by atoms with Crippen molar-refractivity contribution >= 4 is 11.8 Å². The van der Waals surface area contributed by atoms with Crippen molar-refractivity contribution < 1.29 is 23.8 Å². The standard InChI is InChI=1S/C13H16O5/c1-8(14)10-5-6-11(12(7-10)16-3)18-9(2)13(15)17-4/h5-7,9H,1-4H3/t9-/m0/s1. The smallest absolute Gasteiger partial charge is 0.346 e. The van der Waals surface area contributed by atoms with Gasteiger partial charge in [0.25, 0.3) is 0 Å². The molecule has 1 atom stereocenters. The molecule has 0 aliphatic heterocycles. The molecule has 0 aliphatic rings. The molecule has 0 saturated heterocycles. The molecule has 0 N–H and O–H groups in total. The third kappa shape index (κ3) is 3.23. The average molecular weight is 252 g/mol. The van der Waals surface area contributed by atoms with Crippen LogP contribution in [-0.2, 0) is 9.53 Å². The predicted octanol–water partition coefficient (Wildman–Crippen LogP) is 1.84. The van der Waals surface area contributed by atoms with Crippen LogP contribution in [0.3, 0.4) is 0 Å². The summed E-state index contributed by atoms with van der Waals surface area (Å²) >= 11 is 0. The van der Waals surface area contributed by atoms with Crippen LogP contribution in [0.1, 0.15) is 24.2 Å². The van der Waals surface area contributed by atoms with Crippen LogP contribution in [0.25, 0.3) is 0 Å². The molecular formula is C13H16O5. The molecule has 0 aliphatic carbocycles. The van der Waals surface area contributed by atoms with Gasteiger partial charge in [0.2, 0.25) is 0 Å². The number of hydrogen-bond donors (Lipinski definition) is 0. The topological polar surface area (TPSA) is 61.8 Å². The van der Waals surface area contributed by atoms with E-state index < -0.39 is 12.1 Å². The SMILES string of the molecule is COC(=O)[C@H](C)Oc1ccc(C(C)=O)cc1OC. The van der Waals surface area contributed by atoms with Crippen molar-refractivity contribution in [3.8, 4) is 11.5 Å². The largest absolute Gasteiger partial charge is 0.493 e. The van der Waals surface area contributed by atoms with Crippen LogP contribution in [0, 0.1) is 0 Å². The molecule has 98 valence electrons. The Morgan fingerprint density at radius 3 is 2.33 bits per heavy atom. The van der Waals surface area contributed by atoms with Gasteiger partial charge in [0, 0.05) is 5.56 Å². The zero-order chi connectivity index (χ0) is 13.7. The third-order valence-corrected chi connectivity index (χ3v) is 2.41. The molecule has 18 heavy (non-hydrogen) atoms. The number of hydrogen-bond acceptors (Lipinski definition) is 5. The van der Waals surface area contributed by atoms with Gasteiger partial charge in [0.15, 0.2) is 23.4 Å². The molecular weight excluding hydrogens is 236 g/mol. The molecule has 5 heteroatoms. The summed E-state index contributed by atoms with van der Waals surface area (Å²) in [7, 11) is 2.76. The quantitative estimate of drug-likeness (QED) is 0.591. The number of ketones is 1. The van der Waals surface area contributed by atoms with Crippen LogP contribution in [0.2, 0.25) is 0 Å². The van der Waals surface area contributed by atoms with Gasteiger partial charge in [-0.3, -0.25) is 4.79 Å². The highest BCUT2D eigenvalue weighted by atomic mass is 16.6. The molecule has 5 nitrogen and oxygen atoms in total. The summed E-state index contributed by atoms with van der Waals surface area (Å²) in [5.74, 6) is 0.243. The first-order chi connectivity index (χ1) is 8.49. The van der Waals surface area contributed by atoms with Gasteiger partial charge in [-0.05, 0) is 32.0 Å². The lowest BCUT2D eigenvalue weighted by Gasteiger charge is -2.15. The maximum absolute atomic E-state index is 11.2. The van der Waals surface area contributed by atoms with Crippen molar-refractivity contribution in [2.75, 3.05) is 14.2 Å². The zero-order valence-corrected chi connectivity index (χ0v) is 10.9. The van der Waals surface area contributed by atoms with E-state index in [1.165, 1.54) is 21.1 Å². The minimum atomic E-state index is -0.743. The van der Waals surface area contributed by atoms with Gasteiger partial charge >= 0.3 is 5.97 Å². The molecule has 0 saturated carbocycles. The lowest BCUT2D eigenvalue weighted by atomic mass is 10.1. The molecule has 0 amide bonds. The van der Waals surface area contributed by atoms with Gasteiger partial charge in [0.1, 0.15) is 0 Å². The number of rotatable bonds is 5. The van der Waals surface area contributed by atoms with Crippen LogP contribution in [-0.4, -0.2) is 32.1 Å². The fourth-order valence-electron chi connectivity index (χ4n) is 1.39. The summed E-state index contributed by atoms with van der Waals surface area (Å²) in [4.78, 5) is 22.5. The fourth-order valence-corrected chi connectivity index (χ4v) is 1.39. The summed E-state index contributed by atoms with van der Waals surface area (Å²) in [6, 6.07) is 4.78. The predicted molar refractivity (Wildman–Crippen MR) is 65.1 cm³/mol. The minimum absolute atomic E-state index is 0.0686. The van der Waals surface area contributed by atoms with Crippen LogP contribution in [0.4, 0.5) is 0 Å². The van der Waals surface area contributed by atoms with Gasteiger partial charge in [0.05, 0.1) is 14.2 Å². The second-order valence-corrected chi connectivity index (χ2v) is 3.71. The van der Waals surface area contributed by atoms with Gasteiger partial charge in [-0.25, -0.2) is 4.79 Å². The fraction of sp³-hybridized carbons (Fsp3) is 0.385. The van der Waals surface area contributed by atoms with E-state index in [4.69, 9.17) is 9.47 Å². The van der Waals surface area contributed by atoms with E-state index in [9.17, 15) is 9.59 Å². The van der Waals surface area contributed by atoms with E-state index in [0.717, 1.165) is 0 Å². The molecule has 1 rings (SSSR count). The lowest BCUT2D eigenvalue weighted by molar-refractivity contribution is -0.147. The Balaban J connectivity index is 2.96. The van der Waals surface area contributed by atoms with E-state index in [-0.39, 0.29) is 5.78 Å². The molecule has 0 heterocycles. The van der Waals surface area contributed by atoms with Gasteiger partial charge < -0.3 is 14.2 Å².